The summed E-state index contributed by atoms with van der Waals surface area (Å²) in [6.07, 6.45) is 0. The van der Waals surface area contributed by atoms with Crippen LogP contribution in [0.15, 0.2) is 0 Å². The molecule has 0 unspecified atom stereocenters. The first-order valence-corrected chi connectivity index (χ1v) is 2.38. The monoisotopic (exact) mass is 256 g/mol. The minimum atomic E-state index is -0.968. The van der Waals surface area contributed by atoms with Crippen LogP contribution in [-0.4, -0.2) is 35.2 Å². The fourth-order valence-corrected chi connectivity index (χ4v) is 0. The third-order valence-corrected chi connectivity index (χ3v) is 0.349. The van der Waals surface area contributed by atoms with Gasteiger partial charge in [0.1, 0.15) is 0 Å². The van der Waals surface area contributed by atoms with E-state index >= 15 is 0 Å². The molecule has 0 atom stereocenters. The van der Waals surface area contributed by atoms with Gasteiger partial charge in [0.05, 0.1) is 13.1 Å². The summed E-state index contributed by atoms with van der Waals surface area (Å²) < 4.78 is 0. The van der Waals surface area contributed by atoms with Crippen LogP contribution < -0.4 is 11.5 Å². The Morgan fingerprint density at radius 1 is 1.00 bits per heavy atom. The van der Waals surface area contributed by atoms with Crippen molar-refractivity contribution in [1.29, 1.82) is 0 Å². The normalized spacial score (nSPS) is 6.73. The Labute approximate surface area is 77.2 Å². The zero-order valence-corrected chi connectivity index (χ0v) is 7.15. The first-order valence-electron chi connectivity index (χ1n) is 2.38. The number of hydrogen-bond donors (Lipinski definition) is 4. The second-order valence-corrected chi connectivity index (χ2v) is 1.20. The summed E-state index contributed by atoms with van der Waals surface area (Å²) in [7, 11) is 0. The molecule has 0 aromatic rings. The molecule has 0 aliphatic heterocycles. The van der Waals surface area contributed by atoms with Gasteiger partial charge in [-0.1, -0.05) is 0 Å². The average Bonchev–Trinajstić information content (AvgIpc) is 1.89. The molecule has 0 rings (SSSR count). The summed E-state index contributed by atoms with van der Waals surface area (Å²) in [6.45, 7) is -0.556. The molecule has 0 amide bonds. The zero-order chi connectivity index (χ0) is 8.57. The summed E-state index contributed by atoms with van der Waals surface area (Å²) in [5, 5.41) is 15.2. The molecule has 7 heteroatoms. The third-order valence-electron chi connectivity index (χ3n) is 0.349. The van der Waals surface area contributed by atoms with Crippen molar-refractivity contribution in [2.24, 2.45) is 11.5 Å². The standard InChI is InChI=1S/2C2H5NO2.Pd/c2*3-1-2(4)5;/h2*1,3H2,(H,4,5);. The van der Waals surface area contributed by atoms with E-state index in [0.29, 0.717) is 0 Å². The van der Waals surface area contributed by atoms with Crippen LogP contribution in [0.2, 0.25) is 0 Å². The van der Waals surface area contributed by atoms with Gasteiger partial charge in [0.15, 0.2) is 0 Å². The smallest absolute Gasteiger partial charge is 0.317 e. The Balaban J connectivity index is -0.000000107. The van der Waals surface area contributed by atoms with Gasteiger partial charge >= 0.3 is 11.9 Å². The number of carboxylic acids is 2. The predicted molar refractivity (Wildman–Crippen MR) is 33.4 cm³/mol. The number of carboxylic acid groups (broad SMARTS) is 2. The fraction of sp³-hybridized carbons (Fsp3) is 0.500. The van der Waals surface area contributed by atoms with Gasteiger partial charge in [-0.2, -0.15) is 0 Å². The molecule has 0 saturated carbocycles. The van der Waals surface area contributed by atoms with E-state index in [1.807, 2.05) is 0 Å². The maximum absolute atomic E-state index is 9.24. The number of nitrogens with two attached hydrogens (primary N) is 2. The van der Waals surface area contributed by atoms with Crippen LogP contribution in [-0.2, 0) is 30.0 Å². The van der Waals surface area contributed by atoms with Crippen molar-refractivity contribution >= 4 is 11.9 Å². The van der Waals surface area contributed by atoms with Crippen LogP contribution in [0.4, 0.5) is 0 Å². The third kappa shape index (κ3) is 43.4. The number of hydrogen-bond acceptors (Lipinski definition) is 4. The van der Waals surface area contributed by atoms with Crippen molar-refractivity contribution in [2.75, 3.05) is 13.1 Å². The van der Waals surface area contributed by atoms with Gasteiger partial charge in [0, 0.05) is 20.4 Å². The van der Waals surface area contributed by atoms with Crippen molar-refractivity contribution < 1.29 is 40.2 Å². The van der Waals surface area contributed by atoms with Crippen molar-refractivity contribution in [3.8, 4) is 0 Å². The molecular formula is C4H10N2O4Pd. The van der Waals surface area contributed by atoms with E-state index in [0.717, 1.165) is 0 Å². The van der Waals surface area contributed by atoms with Crippen LogP contribution in [0.1, 0.15) is 0 Å². The Kier molecular flexibility index (Phi) is 18.7. The predicted octanol–water partition coefficient (Wildman–Crippen LogP) is -1.94. The number of carbonyl (C=O) groups is 2. The van der Waals surface area contributed by atoms with Crippen molar-refractivity contribution in [1.82, 2.24) is 0 Å². The van der Waals surface area contributed by atoms with Crippen molar-refractivity contribution in [3.63, 3.8) is 0 Å². The zero-order valence-electron chi connectivity index (χ0n) is 5.60. The average molecular weight is 257 g/mol. The molecule has 0 aromatic carbocycles. The fourth-order valence-electron chi connectivity index (χ4n) is 0. The number of aliphatic carboxylic acids is 2. The number of rotatable bonds is 2. The SMILES string of the molecule is NCC(=O)O.NCC(=O)O.[Pd]. The summed E-state index contributed by atoms with van der Waals surface area (Å²) in [5.41, 5.74) is 9.14. The van der Waals surface area contributed by atoms with E-state index in [1.54, 1.807) is 0 Å². The van der Waals surface area contributed by atoms with Crippen LogP contribution in [0, 0.1) is 0 Å². The quantitative estimate of drug-likeness (QED) is 0.426. The summed E-state index contributed by atoms with van der Waals surface area (Å²) in [5.74, 6) is -1.94. The van der Waals surface area contributed by atoms with Crippen LogP contribution >= 0.6 is 0 Å². The Morgan fingerprint density at radius 3 is 1.09 bits per heavy atom. The van der Waals surface area contributed by atoms with E-state index in [9.17, 15) is 9.59 Å². The van der Waals surface area contributed by atoms with E-state index < -0.39 is 11.9 Å². The van der Waals surface area contributed by atoms with Crippen molar-refractivity contribution in [2.45, 2.75) is 0 Å². The molecule has 0 aromatic heterocycles. The van der Waals surface area contributed by atoms with E-state index in [1.165, 1.54) is 0 Å². The first kappa shape index (κ1) is 16.9. The topological polar surface area (TPSA) is 127 Å². The van der Waals surface area contributed by atoms with Gasteiger partial charge < -0.3 is 21.7 Å². The van der Waals surface area contributed by atoms with Gasteiger partial charge in [0.25, 0.3) is 0 Å². The maximum atomic E-state index is 9.24. The molecule has 70 valence electrons. The maximum Gasteiger partial charge on any atom is 0.317 e. The Bertz CT molecular complexity index is 105. The van der Waals surface area contributed by atoms with Crippen molar-refractivity contribution in [3.05, 3.63) is 0 Å². The minimum Gasteiger partial charge on any atom is -0.480 e. The molecule has 0 aliphatic carbocycles. The Morgan fingerprint density at radius 2 is 1.09 bits per heavy atom. The molecule has 0 spiro atoms. The molecule has 0 radical (unpaired) electrons. The largest absolute Gasteiger partial charge is 0.480 e. The van der Waals surface area contributed by atoms with Crippen LogP contribution in [0.3, 0.4) is 0 Å². The van der Waals surface area contributed by atoms with Gasteiger partial charge in [-0.05, 0) is 0 Å². The molecule has 0 bridgehead atoms. The summed E-state index contributed by atoms with van der Waals surface area (Å²) >= 11 is 0. The second-order valence-electron chi connectivity index (χ2n) is 1.20. The van der Waals surface area contributed by atoms with E-state index in [-0.39, 0.29) is 33.5 Å². The van der Waals surface area contributed by atoms with E-state index in [4.69, 9.17) is 10.2 Å². The van der Waals surface area contributed by atoms with E-state index in [2.05, 4.69) is 11.5 Å². The Hall–Kier alpha value is -0.478. The van der Waals surface area contributed by atoms with Crippen LogP contribution in [0.25, 0.3) is 0 Å². The molecule has 0 aliphatic rings. The molecule has 6 nitrogen and oxygen atoms in total. The van der Waals surface area contributed by atoms with Gasteiger partial charge in [0.2, 0.25) is 0 Å². The second kappa shape index (κ2) is 12.2. The minimum absolute atomic E-state index is 0. The summed E-state index contributed by atoms with van der Waals surface area (Å²) in [6, 6.07) is 0. The molecule has 0 fully saturated rings. The van der Waals surface area contributed by atoms with Gasteiger partial charge in [-0.3, -0.25) is 9.59 Å². The van der Waals surface area contributed by atoms with Gasteiger partial charge in [-0.25, -0.2) is 0 Å². The van der Waals surface area contributed by atoms with Crippen LogP contribution in [0.5, 0.6) is 0 Å². The summed E-state index contributed by atoms with van der Waals surface area (Å²) in [4.78, 5) is 18.5. The molecule has 0 heterocycles. The molecule has 0 saturated heterocycles. The molecule has 6 N–H and O–H groups in total. The first-order chi connectivity index (χ1) is 4.54. The van der Waals surface area contributed by atoms with Gasteiger partial charge in [-0.15, -0.1) is 0 Å². The molecule has 11 heavy (non-hydrogen) atoms. The molecular weight excluding hydrogens is 246 g/mol.